The Labute approximate surface area is 62.8 Å². The third-order valence-corrected chi connectivity index (χ3v) is 1.10. The van der Waals surface area contributed by atoms with E-state index in [1.165, 1.54) is 13.8 Å². The van der Waals surface area contributed by atoms with E-state index in [0.29, 0.717) is 0 Å². The van der Waals surface area contributed by atoms with E-state index in [4.69, 9.17) is 9.11 Å². The Morgan fingerprint density at radius 3 is 1.20 bits per heavy atom. The Hall–Kier alpha value is -0.110. The van der Waals surface area contributed by atoms with Crippen molar-refractivity contribution in [3.8, 4) is 0 Å². The van der Waals surface area contributed by atoms with Crippen molar-refractivity contribution in [3.63, 3.8) is 0 Å². The molecule has 5 nitrogen and oxygen atoms in total. The monoisotopic (exact) mass is 188 g/mol. The van der Waals surface area contributed by atoms with Gasteiger partial charge in [-0.1, -0.05) is 0 Å². The van der Waals surface area contributed by atoms with Crippen molar-refractivity contribution in [1.29, 1.82) is 0 Å². The van der Waals surface area contributed by atoms with Crippen LogP contribution in [0.3, 0.4) is 0 Å². The van der Waals surface area contributed by atoms with E-state index >= 15 is 0 Å². The van der Waals surface area contributed by atoms with Crippen LogP contribution in [0.4, 0.5) is 0 Å². The number of Topliss-reactive ketones (excluding diaryl/α,β-unsaturated/α-hetero) is 1. The molecular formula is C3H8O5S2. The molecule has 10 heavy (non-hydrogen) atoms. The van der Waals surface area contributed by atoms with E-state index in [1.54, 1.807) is 0 Å². The Bertz CT molecular complexity index is 137. The topological polar surface area (TPSA) is 91.7 Å². The molecule has 0 aliphatic rings. The number of hydrogen-bond donors (Lipinski definition) is 2. The second-order valence-corrected chi connectivity index (χ2v) is 3.92. The van der Waals surface area contributed by atoms with Crippen LogP contribution in [0, 0.1) is 0 Å². The van der Waals surface area contributed by atoms with E-state index in [-0.39, 0.29) is 5.78 Å². The molecule has 0 aliphatic heterocycles. The van der Waals surface area contributed by atoms with Crippen LogP contribution in [0.25, 0.3) is 0 Å². The molecule has 0 radical (unpaired) electrons. The van der Waals surface area contributed by atoms with Gasteiger partial charge in [-0.15, -0.1) is 0 Å². The summed E-state index contributed by atoms with van der Waals surface area (Å²) in [5, 5.41) is 0. The number of hydrogen-bond acceptors (Lipinski definition) is 3. The minimum absolute atomic E-state index is 0.167. The van der Waals surface area contributed by atoms with Crippen LogP contribution in [-0.2, 0) is 25.0 Å². The molecule has 0 fully saturated rings. The second-order valence-electron chi connectivity index (χ2n) is 1.34. The molecule has 0 aromatic heterocycles. The van der Waals surface area contributed by atoms with Gasteiger partial charge in [0.2, 0.25) is 0 Å². The highest BCUT2D eigenvalue weighted by Crippen LogP contribution is 1.74. The van der Waals surface area contributed by atoms with E-state index in [2.05, 4.69) is 0 Å². The quantitative estimate of drug-likeness (QED) is 0.444. The first-order chi connectivity index (χ1) is 4.37. The third-order valence-electron chi connectivity index (χ3n) is 0.122. The molecule has 0 spiro atoms. The zero-order valence-corrected chi connectivity index (χ0v) is 7.07. The van der Waals surface area contributed by atoms with Gasteiger partial charge in [0.25, 0.3) is 20.2 Å². The summed E-state index contributed by atoms with van der Waals surface area (Å²) in [4.78, 5) is 9.44. The van der Waals surface area contributed by atoms with Gasteiger partial charge in [0.15, 0.2) is 0 Å². The number of carbonyl (C=O) groups is 1. The molecular weight excluding hydrogens is 180 g/mol. The number of rotatable bonds is 1. The lowest BCUT2D eigenvalue weighted by Crippen LogP contribution is -1.93. The van der Waals surface area contributed by atoms with Crippen LogP contribution in [0.2, 0.25) is 0 Å². The van der Waals surface area contributed by atoms with Gasteiger partial charge in [-0.05, 0) is 13.8 Å². The minimum Gasteiger partial charge on any atom is -0.300 e. The van der Waals surface area contributed by atoms with E-state index in [0.717, 1.165) is 0 Å². The van der Waals surface area contributed by atoms with Gasteiger partial charge in [0, 0.05) is 0 Å². The highest BCUT2D eigenvalue weighted by molar-refractivity contribution is 8.56. The molecule has 0 heterocycles. The van der Waals surface area contributed by atoms with Crippen molar-refractivity contribution in [1.82, 2.24) is 0 Å². The summed E-state index contributed by atoms with van der Waals surface area (Å²) in [5.41, 5.74) is 0. The van der Waals surface area contributed by atoms with Crippen LogP contribution in [0.5, 0.6) is 0 Å². The first-order valence-corrected chi connectivity index (χ1v) is 4.80. The fourth-order valence-corrected chi connectivity index (χ4v) is 0. The van der Waals surface area contributed by atoms with Gasteiger partial charge in [-0.2, -0.15) is 0 Å². The molecule has 2 N–H and O–H groups in total. The highest BCUT2D eigenvalue weighted by atomic mass is 33.2. The zero-order valence-electron chi connectivity index (χ0n) is 5.44. The zero-order chi connectivity index (χ0) is 8.73. The Kier molecular flexibility index (Phi) is 8.79. The SMILES string of the molecule is CC(C)=O.O=S(O)S(=O)O. The lowest BCUT2D eigenvalue weighted by Gasteiger charge is -1.74. The fourth-order valence-electron chi connectivity index (χ4n) is 0. The number of ketones is 1. The maximum atomic E-state index is 9.44. The average Bonchev–Trinajstić information content (AvgIpc) is 1.63. The molecule has 0 saturated heterocycles. The Morgan fingerprint density at radius 1 is 1.10 bits per heavy atom. The predicted octanol–water partition coefficient (Wildman–Crippen LogP) is -0.0599. The molecule has 2 atom stereocenters. The van der Waals surface area contributed by atoms with Crippen molar-refractivity contribution >= 4 is 26.0 Å². The Morgan fingerprint density at radius 2 is 1.20 bits per heavy atom. The van der Waals surface area contributed by atoms with Crippen molar-refractivity contribution in [3.05, 3.63) is 0 Å². The molecule has 0 aromatic carbocycles. The number of carbonyl (C=O) groups excluding carboxylic acids is 1. The van der Waals surface area contributed by atoms with Crippen LogP contribution >= 0.6 is 0 Å². The van der Waals surface area contributed by atoms with E-state index < -0.39 is 20.2 Å². The summed E-state index contributed by atoms with van der Waals surface area (Å²) in [6.45, 7) is 3.06. The first kappa shape index (κ1) is 12.6. The predicted molar refractivity (Wildman–Crippen MR) is 37.9 cm³/mol. The largest absolute Gasteiger partial charge is 0.300 e. The van der Waals surface area contributed by atoms with Crippen molar-refractivity contribution in [2.24, 2.45) is 0 Å². The molecule has 0 bridgehead atoms. The molecule has 0 aliphatic carbocycles. The maximum Gasteiger partial charge on any atom is 0.274 e. The van der Waals surface area contributed by atoms with Gasteiger partial charge in [0.1, 0.15) is 5.78 Å². The summed E-state index contributed by atoms with van der Waals surface area (Å²) in [6.07, 6.45) is 0. The van der Waals surface area contributed by atoms with Crippen molar-refractivity contribution in [2.75, 3.05) is 0 Å². The summed E-state index contributed by atoms with van der Waals surface area (Å²) < 4.78 is 33.6. The molecule has 7 heteroatoms. The van der Waals surface area contributed by atoms with Gasteiger partial charge in [-0.3, -0.25) is 9.11 Å². The molecule has 0 rings (SSSR count). The van der Waals surface area contributed by atoms with Crippen LogP contribution < -0.4 is 0 Å². The fraction of sp³-hybridized carbons (Fsp3) is 0.667. The maximum absolute atomic E-state index is 9.44. The van der Waals surface area contributed by atoms with Gasteiger partial charge in [-0.25, -0.2) is 8.42 Å². The molecule has 0 amide bonds. The standard InChI is InChI=1S/C3H6O.H2O4S2/c1-3(2)4;1-5(2)6(3)4/h1-2H3;(H,1,2)(H,3,4). The van der Waals surface area contributed by atoms with Gasteiger partial charge in [0.05, 0.1) is 0 Å². The smallest absolute Gasteiger partial charge is 0.274 e. The molecule has 2 unspecified atom stereocenters. The van der Waals surface area contributed by atoms with Crippen LogP contribution in [0.1, 0.15) is 13.8 Å². The summed E-state index contributed by atoms with van der Waals surface area (Å²) >= 11 is 0. The molecule has 0 aromatic rings. The van der Waals surface area contributed by atoms with Crippen LogP contribution in [0.15, 0.2) is 0 Å². The Balaban J connectivity index is 0. The summed E-state index contributed by atoms with van der Waals surface area (Å²) in [7, 11) is -5.18. The summed E-state index contributed by atoms with van der Waals surface area (Å²) in [6, 6.07) is 0. The third kappa shape index (κ3) is 24.8. The van der Waals surface area contributed by atoms with E-state index in [1.807, 2.05) is 0 Å². The average molecular weight is 188 g/mol. The summed E-state index contributed by atoms with van der Waals surface area (Å²) in [5.74, 6) is 0.167. The lowest BCUT2D eigenvalue weighted by molar-refractivity contribution is -0.114. The van der Waals surface area contributed by atoms with Crippen LogP contribution in [-0.4, -0.2) is 23.3 Å². The van der Waals surface area contributed by atoms with Gasteiger partial charge < -0.3 is 4.79 Å². The first-order valence-electron chi connectivity index (χ1n) is 2.07. The van der Waals surface area contributed by atoms with Crippen molar-refractivity contribution in [2.45, 2.75) is 13.8 Å². The van der Waals surface area contributed by atoms with Crippen molar-refractivity contribution < 1.29 is 22.3 Å². The van der Waals surface area contributed by atoms with Gasteiger partial charge >= 0.3 is 0 Å². The van der Waals surface area contributed by atoms with E-state index in [9.17, 15) is 13.2 Å². The normalized spacial score (nSPS) is 14.4. The minimum atomic E-state index is -2.59. The molecule has 62 valence electrons. The second kappa shape index (κ2) is 7.00. The highest BCUT2D eigenvalue weighted by Gasteiger charge is 1.95. The molecule has 0 saturated carbocycles. The lowest BCUT2D eigenvalue weighted by atomic mass is 10.6.